The quantitative estimate of drug-likeness (QED) is 0.283. The Labute approximate surface area is 245 Å². The van der Waals surface area contributed by atoms with Crippen LogP contribution >= 0.6 is 0 Å². The summed E-state index contributed by atoms with van der Waals surface area (Å²) in [6.07, 6.45) is 1.98. The third kappa shape index (κ3) is 9.46. The van der Waals surface area contributed by atoms with Crippen molar-refractivity contribution >= 4 is 27.5 Å². The van der Waals surface area contributed by atoms with Gasteiger partial charge in [-0.3, -0.25) is 13.9 Å². The number of nitrogens with one attached hydrogen (secondary N) is 1. The first-order chi connectivity index (χ1) is 19.5. The van der Waals surface area contributed by atoms with Gasteiger partial charge in [-0.15, -0.1) is 0 Å². The van der Waals surface area contributed by atoms with Gasteiger partial charge in [0.05, 0.1) is 11.9 Å². The van der Waals surface area contributed by atoms with Crippen molar-refractivity contribution in [1.82, 2.24) is 10.2 Å². The van der Waals surface area contributed by atoms with E-state index in [4.69, 9.17) is 0 Å². The Morgan fingerprint density at radius 2 is 1.46 bits per heavy atom. The number of rotatable bonds is 14. The number of nitrogens with zero attached hydrogens (tertiary/aromatic N) is 2. The van der Waals surface area contributed by atoms with Crippen LogP contribution in [-0.2, 0) is 32.6 Å². The minimum atomic E-state index is -3.57. The van der Waals surface area contributed by atoms with Crippen LogP contribution in [0.4, 0.5) is 5.69 Å². The van der Waals surface area contributed by atoms with E-state index in [1.165, 1.54) is 10.6 Å². The van der Waals surface area contributed by atoms with Gasteiger partial charge in [-0.2, -0.15) is 0 Å². The SMILES string of the molecule is Cc1cccc(N(CCCC(=O)N(Cc2ccccc2)[C@@H](Cc2ccccc2)C(=O)NCC(C)C)S(C)(=O)=O)c1C. The number of sulfonamides is 1. The summed E-state index contributed by atoms with van der Waals surface area (Å²) in [4.78, 5) is 29.1. The number of carbonyl (C=O) groups is 2. The maximum Gasteiger partial charge on any atom is 0.243 e. The highest BCUT2D eigenvalue weighted by atomic mass is 32.2. The van der Waals surface area contributed by atoms with Gasteiger partial charge in [-0.25, -0.2) is 8.42 Å². The number of anilines is 1. The van der Waals surface area contributed by atoms with Gasteiger partial charge >= 0.3 is 0 Å². The fourth-order valence-corrected chi connectivity index (χ4v) is 5.76. The summed E-state index contributed by atoms with van der Waals surface area (Å²) in [5.41, 5.74) is 4.39. The molecule has 0 aromatic heterocycles. The van der Waals surface area contributed by atoms with Crippen molar-refractivity contribution in [3.63, 3.8) is 0 Å². The highest BCUT2D eigenvalue weighted by Crippen LogP contribution is 2.26. The molecule has 0 unspecified atom stereocenters. The van der Waals surface area contributed by atoms with Crippen LogP contribution in [-0.4, -0.2) is 50.5 Å². The van der Waals surface area contributed by atoms with E-state index in [0.717, 1.165) is 22.3 Å². The van der Waals surface area contributed by atoms with Gasteiger partial charge in [0.1, 0.15) is 6.04 Å². The molecule has 0 saturated heterocycles. The second-order valence-corrected chi connectivity index (χ2v) is 12.9. The fraction of sp³-hybridized carbons (Fsp3) is 0.394. The van der Waals surface area contributed by atoms with Crippen molar-refractivity contribution < 1.29 is 18.0 Å². The van der Waals surface area contributed by atoms with Crippen LogP contribution in [0.3, 0.4) is 0 Å². The average Bonchev–Trinajstić information content (AvgIpc) is 2.94. The fourth-order valence-electron chi connectivity index (χ4n) is 4.74. The summed E-state index contributed by atoms with van der Waals surface area (Å²) < 4.78 is 26.9. The molecule has 7 nitrogen and oxygen atoms in total. The molecule has 0 radical (unpaired) electrons. The largest absolute Gasteiger partial charge is 0.354 e. The minimum absolute atomic E-state index is 0.104. The zero-order valence-electron chi connectivity index (χ0n) is 24.8. The van der Waals surface area contributed by atoms with E-state index in [0.29, 0.717) is 25.1 Å². The Morgan fingerprint density at radius 3 is 2.05 bits per heavy atom. The van der Waals surface area contributed by atoms with Crippen molar-refractivity contribution in [1.29, 1.82) is 0 Å². The molecule has 8 heteroatoms. The monoisotopic (exact) mass is 577 g/mol. The van der Waals surface area contributed by atoms with Crippen molar-refractivity contribution in [3.05, 3.63) is 101 Å². The van der Waals surface area contributed by atoms with Gasteiger partial charge in [-0.1, -0.05) is 86.6 Å². The van der Waals surface area contributed by atoms with Crippen LogP contribution in [0.5, 0.6) is 0 Å². The molecule has 3 rings (SSSR count). The summed E-state index contributed by atoms with van der Waals surface area (Å²) in [6.45, 7) is 8.86. The number of hydrogen-bond donors (Lipinski definition) is 1. The van der Waals surface area contributed by atoms with E-state index < -0.39 is 16.1 Å². The number of benzene rings is 3. The van der Waals surface area contributed by atoms with Gasteiger partial charge < -0.3 is 10.2 Å². The first kappa shape index (κ1) is 31.9. The maximum atomic E-state index is 13.9. The molecule has 0 aliphatic heterocycles. The molecule has 0 heterocycles. The lowest BCUT2D eigenvalue weighted by Crippen LogP contribution is -2.51. The first-order valence-electron chi connectivity index (χ1n) is 14.2. The van der Waals surface area contributed by atoms with E-state index in [-0.39, 0.29) is 37.2 Å². The molecule has 0 aliphatic carbocycles. The third-order valence-electron chi connectivity index (χ3n) is 7.15. The molecule has 3 aromatic carbocycles. The van der Waals surface area contributed by atoms with Crippen LogP contribution in [0.2, 0.25) is 0 Å². The molecule has 1 N–H and O–H groups in total. The van der Waals surface area contributed by atoms with Crippen LogP contribution in [0, 0.1) is 19.8 Å². The number of aryl methyl sites for hydroxylation is 1. The van der Waals surface area contributed by atoms with E-state index in [1.54, 1.807) is 11.0 Å². The summed E-state index contributed by atoms with van der Waals surface area (Å²) in [5, 5.41) is 3.03. The van der Waals surface area contributed by atoms with Gasteiger partial charge in [-0.05, 0) is 54.5 Å². The number of amides is 2. The molecule has 1 atom stereocenters. The number of carbonyl (C=O) groups excluding carboxylic acids is 2. The van der Waals surface area contributed by atoms with Gasteiger partial charge in [0, 0.05) is 32.5 Å². The second kappa shape index (κ2) is 14.8. The second-order valence-electron chi connectivity index (χ2n) is 11.0. The van der Waals surface area contributed by atoms with Crippen molar-refractivity contribution in [2.75, 3.05) is 23.7 Å². The zero-order chi connectivity index (χ0) is 30.0. The van der Waals surface area contributed by atoms with Crippen LogP contribution in [0.1, 0.15) is 48.9 Å². The molecular formula is C33H43N3O4S. The molecule has 0 saturated carbocycles. The zero-order valence-corrected chi connectivity index (χ0v) is 25.7. The molecule has 2 amide bonds. The maximum absolute atomic E-state index is 13.9. The molecule has 220 valence electrons. The predicted octanol–water partition coefficient (Wildman–Crippen LogP) is 5.26. The first-order valence-corrected chi connectivity index (χ1v) is 16.0. The Balaban J connectivity index is 1.87. The summed E-state index contributed by atoms with van der Waals surface area (Å²) in [7, 11) is -3.57. The molecule has 0 aliphatic rings. The highest BCUT2D eigenvalue weighted by Gasteiger charge is 2.30. The summed E-state index contributed by atoms with van der Waals surface area (Å²) >= 11 is 0. The van der Waals surface area contributed by atoms with Crippen LogP contribution < -0.4 is 9.62 Å². The Hall–Kier alpha value is -3.65. The lowest BCUT2D eigenvalue weighted by molar-refractivity contribution is -0.141. The highest BCUT2D eigenvalue weighted by molar-refractivity contribution is 7.92. The molecule has 0 bridgehead atoms. The van der Waals surface area contributed by atoms with E-state index in [9.17, 15) is 18.0 Å². The Bertz CT molecular complexity index is 1390. The van der Waals surface area contributed by atoms with Gasteiger partial charge in [0.2, 0.25) is 21.8 Å². The molecule has 0 spiro atoms. The third-order valence-corrected chi connectivity index (χ3v) is 8.33. The van der Waals surface area contributed by atoms with Crippen molar-refractivity contribution in [3.8, 4) is 0 Å². The standard InChI is InChI=1S/C33H43N3O4S/c1-25(2)23-34-33(38)31(22-28-15-8-6-9-16-28)35(24-29-17-10-7-11-18-29)32(37)20-13-21-36(41(5,39)40)30-19-12-14-26(3)27(30)4/h6-12,14-19,25,31H,13,20-24H2,1-5H3,(H,34,38)/t31-/m0/s1. The Morgan fingerprint density at radius 1 is 0.854 bits per heavy atom. The van der Waals surface area contributed by atoms with Crippen molar-refractivity contribution in [2.45, 2.75) is 59.5 Å². The van der Waals surface area contributed by atoms with Crippen molar-refractivity contribution in [2.24, 2.45) is 5.92 Å². The smallest absolute Gasteiger partial charge is 0.243 e. The topological polar surface area (TPSA) is 86.8 Å². The lowest BCUT2D eigenvalue weighted by Gasteiger charge is -2.32. The molecule has 41 heavy (non-hydrogen) atoms. The van der Waals surface area contributed by atoms with Gasteiger partial charge in [0.15, 0.2) is 0 Å². The predicted molar refractivity (Wildman–Crippen MR) is 166 cm³/mol. The molecular weight excluding hydrogens is 534 g/mol. The molecule has 0 fully saturated rings. The van der Waals surface area contributed by atoms with E-state index in [1.807, 2.05) is 100 Å². The van der Waals surface area contributed by atoms with E-state index >= 15 is 0 Å². The van der Waals surface area contributed by atoms with Gasteiger partial charge in [0.25, 0.3) is 0 Å². The summed E-state index contributed by atoms with van der Waals surface area (Å²) in [6, 6.07) is 24.2. The molecule has 3 aromatic rings. The minimum Gasteiger partial charge on any atom is -0.354 e. The Kier molecular flexibility index (Phi) is 11.5. The van der Waals surface area contributed by atoms with E-state index in [2.05, 4.69) is 5.32 Å². The number of hydrogen-bond acceptors (Lipinski definition) is 4. The average molecular weight is 578 g/mol. The van der Waals surface area contributed by atoms with Crippen LogP contribution in [0.15, 0.2) is 78.9 Å². The summed E-state index contributed by atoms with van der Waals surface area (Å²) in [5.74, 6) is -0.120. The normalized spacial score (nSPS) is 12.1. The van der Waals surface area contributed by atoms with Crippen LogP contribution in [0.25, 0.3) is 0 Å². The lowest BCUT2D eigenvalue weighted by atomic mass is 10.0.